The smallest absolute Gasteiger partial charge is 0.234 e. The van der Waals surface area contributed by atoms with Crippen LogP contribution >= 0.6 is 11.8 Å². The molecule has 1 heterocycles. The number of aromatic nitrogens is 3. The lowest BCUT2D eigenvalue weighted by atomic mass is 10.1. The van der Waals surface area contributed by atoms with Gasteiger partial charge in [0.2, 0.25) is 11.9 Å². The summed E-state index contributed by atoms with van der Waals surface area (Å²) in [4.78, 5) is 12.1. The molecule has 0 radical (unpaired) electrons. The summed E-state index contributed by atoms with van der Waals surface area (Å²) in [5.74, 6) is 0.462. The van der Waals surface area contributed by atoms with Gasteiger partial charge in [-0.2, -0.15) is 0 Å². The van der Waals surface area contributed by atoms with E-state index in [4.69, 9.17) is 5.73 Å². The summed E-state index contributed by atoms with van der Waals surface area (Å²) in [5, 5.41) is 11.3. The number of anilines is 2. The van der Waals surface area contributed by atoms with Crippen molar-refractivity contribution in [2.24, 2.45) is 0 Å². The van der Waals surface area contributed by atoms with Crippen LogP contribution in [0, 0.1) is 13.8 Å². The monoisotopic (exact) mass is 317 g/mol. The van der Waals surface area contributed by atoms with Gasteiger partial charge in [0, 0.05) is 12.2 Å². The molecular formula is C15H19N5OS. The molecule has 0 aliphatic rings. The highest BCUT2D eigenvalue weighted by Crippen LogP contribution is 2.20. The Kier molecular flexibility index (Phi) is 5.21. The third-order valence-corrected chi connectivity index (χ3v) is 4.01. The molecule has 0 saturated carbocycles. The van der Waals surface area contributed by atoms with E-state index in [-0.39, 0.29) is 11.7 Å². The molecule has 0 unspecified atom stereocenters. The molecule has 0 atom stereocenters. The zero-order valence-corrected chi connectivity index (χ0v) is 13.5. The molecular weight excluding hydrogens is 298 g/mol. The molecule has 2 rings (SSSR count). The zero-order chi connectivity index (χ0) is 16.1. The lowest BCUT2D eigenvalue weighted by Gasteiger charge is -2.09. The Bertz CT molecular complexity index is 695. The first-order valence-electron chi connectivity index (χ1n) is 6.80. The van der Waals surface area contributed by atoms with E-state index in [1.165, 1.54) is 11.8 Å². The number of hydrogen-bond donors (Lipinski definition) is 2. The Labute approximate surface area is 133 Å². The van der Waals surface area contributed by atoms with Crippen molar-refractivity contribution < 1.29 is 4.79 Å². The van der Waals surface area contributed by atoms with Crippen molar-refractivity contribution in [2.75, 3.05) is 16.8 Å². The van der Waals surface area contributed by atoms with Crippen LogP contribution in [-0.4, -0.2) is 26.4 Å². The number of carbonyl (C=O) groups is 1. The maximum Gasteiger partial charge on any atom is 0.234 e. The number of allylic oxidation sites excluding steroid dienone is 1. The molecule has 1 aromatic heterocycles. The molecule has 1 amide bonds. The molecule has 2 aromatic rings. The Morgan fingerprint density at radius 2 is 2.23 bits per heavy atom. The van der Waals surface area contributed by atoms with E-state index in [2.05, 4.69) is 22.1 Å². The molecule has 0 bridgehead atoms. The number of rotatable bonds is 6. The second-order valence-corrected chi connectivity index (χ2v) is 5.84. The van der Waals surface area contributed by atoms with Crippen molar-refractivity contribution in [3.63, 3.8) is 0 Å². The number of aryl methyl sites for hydroxylation is 2. The summed E-state index contributed by atoms with van der Waals surface area (Å²) in [5.41, 5.74) is 8.75. The molecule has 7 heteroatoms. The summed E-state index contributed by atoms with van der Waals surface area (Å²) in [7, 11) is 0. The van der Waals surface area contributed by atoms with E-state index >= 15 is 0 Å². The molecule has 0 aliphatic heterocycles. The van der Waals surface area contributed by atoms with Crippen molar-refractivity contribution in [1.29, 1.82) is 0 Å². The fraction of sp³-hybridized carbons (Fsp3) is 0.267. The van der Waals surface area contributed by atoms with Crippen molar-refractivity contribution in [3.05, 3.63) is 42.0 Å². The zero-order valence-electron chi connectivity index (χ0n) is 12.7. The summed E-state index contributed by atoms with van der Waals surface area (Å²) in [6.07, 6.45) is 1.71. The van der Waals surface area contributed by atoms with Crippen LogP contribution < -0.4 is 11.1 Å². The summed E-state index contributed by atoms with van der Waals surface area (Å²) in [6, 6.07) is 5.91. The lowest BCUT2D eigenvalue weighted by molar-refractivity contribution is -0.113. The van der Waals surface area contributed by atoms with Gasteiger partial charge in [0.1, 0.15) is 0 Å². The van der Waals surface area contributed by atoms with E-state index in [0.29, 0.717) is 17.6 Å². The predicted octanol–water partition coefficient (Wildman–Crippen LogP) is 2.39. The van der Waals surface area contributed by atoms with Crippen LogP contribution in [0.2, 0.25) is 0 Å². The van der Waals surface area contributed by atoms with Crippen molar-refractivity contribution in [1.82, 2.24) is 14.8 Å². The highest BCUT2D eigenvalue weighted by Gasteiger charge is 2.12. The third kappa shape index (κ3) is 3.88. The van der Waals surface area contributed by atoms with E-state index in [1.54, 1.807) is 10.6 Å². The van der Waals surface area contributed by atoms with Gasteiger partial charge in [0.15, 0.2) is 5.16 Å². The minimum absolute atomic E-state index is 0.0938. The van der Waals surface area contributed by atoms with Gasteiger partial charge in [-0.3, -0.25) is 9.36 Å². The summed E-state index contributed by atoms with van der Waals surface area (Å²) >= 11 is 1.29. The van der Waals surface area contributed by atoms with Crippen molar-refractivity contribution >= 4 is 29.3 Å². The molecule has 116 valence electrons. The number of nitrogens with two attached hydrogens (primary N) is 1. The molecule has 0 aliphatic carbocycles. The summed E-state index contributed by atoms with van der Waals surface area (Å²) in [6.45, 7) is 8.17. The quantitative estimate of drug-likeness (QED) is 0.631. The number of thioether (sulfide) groups is 1. The normalized spacial score (nSPS) is 10.5. The number of nitrogens with zero attached hydrogens (tertiary/aromatic N) is 3. The van der Waals surface area contributed by atoms with Crippen LogP contribution in [0.25, 0.3) is 0 Å². The van der Waals surface area contributed by atoms with Gasteiger partial charge in [-0.1, -0.05) is 35.5 Å². The van der Waals surface area contributed by atoms with Gasteiger partial charge in [-0.25, -0.2) is 0 Å². The van der Waals surface area contributed by atoms with Crippen LogP contribution in [0.5, 0.6) is 0 Å². The Morgan fingerprint density at radius 3 is 2.91 bits per heavy atom. The number of amides is 1. The highest BCUT2D eigenvalue weighted by atomic mass is 32.2. The van der Waals surface area contributed by atoms with Gasteiger partial charge >= 0.3 is 0 Å². The maximum atomic E-state index is 12.1. The second kappa shape index (κ2) is 7.13. The fourth-order valence-corrected chi connectivity index (χ4v) is 2.73. The number of nitrogen functional groups attached to an aromatic ring is 1. The highest BCUT2D eigenvalue weighted by molar-refractivity contribution is 7.99. The molecule has 3 N–H and O–H groups in total. The summed E-state index contributed by atoms with van der Waals surface area (Å²) < 4.78 is 1.71. The SMILES string of the molecule is C=CCn1c(N)nnc1SCC(=O)Nc1ccc(C)cc1C. The average molecular weight is 317 g/mol. The van der Waals surface area contributed by atoms with Gasteiger partial charge in [-0.15, -0.1) is 16.8 Å². The average Bonchev–Trinajstić information content (AvgIpc) is 2.81. The van der Waals surface area contributed by atoms with E-state index in [0.717, 1.165) is 16.8 Å². The second-order valence-electron chi connectivity index (χ2n) is 4.90. The predicted molar refractivity (Wildman–Crippen MR) is 89.9 cm³/mol. The third-order valence-electron chi connectivity index (χ3n) is 3.05. The van der Waals surface area contributed by atoms with Crippen LogP contribution in [-0.2, 0) is 11.3 Å². The topological polar surface area (TPSA) is 85.8 Å². The lowest BCUT2D eigenvalue weighted by Crippen LogP contribution is -2.15. The van der Waals surface area contributed by atoms with Crippen molar-refractivity contribution in [3.8, 4) is 0 Å². The minimum Gasteiger partial charge on any atom is -0.368 e. The first-order chi connectivity index (χ1) is 10.5. The largest absolute Gasteiger partial charge is 0.368 e. The first-order valence-corrected chi connectivity index (χ1v) is 7.79. The molecule has 0 spiro atoms. The number of benzene rings is 1. The Hall–Kier alpha value is -2.28. The van der Waals surface area contributed by atoms with Gasteiger partial charge in [0.05, 0.1) is 5.75 Å². The van der Waals surface area contributed by atoms with Crippen molar-refractivity contribution in [2.45, 2.75) is 25.5 Å². The molecule has 0 saturated heterocycles. The maximum absolute atomic E-state index is 12.1. The molecule has 1 aromatic carbocycles. The van der Waals surface area contributed by atoms with Gasteiger partial charge in [0.25, 0.3) is 0 Å². The van der Waals surface area contributed by atoms with E-state index in [9.17, 15) is 4.79 Å². The fourth-order valence-electron chi connectivity index (χ4n) is 1.98. The Morgan fingerprint density at radius 1 is 1.45 bits per heavy atom. The number of carbonyl (C=O) groups excluding carboxylic acids is 1. The standard InChI is InChI=1S/C15H19N5OS/c1-4-7-20-14(16)18-19-15(20)22-9-13(21)17-12-6-5-10(2)8-11(12)3/h4-6,8H,1,7,9H2,2-3H3,(H2,16,18)(H,17,21). The van der Waals surface area contributed by atoms with Crippen LogP contribution in [0.1, 0.15) is 11.1 Å². The Balaban J connectivity index is 1.97. The van der Waals surface area contributed by atoms with E-state index < -0.39 is 0 Å². The molecule has 6 nitrogen and oxygen atoms in total. The van der Waals surface area contributed by atoms with Crippen LogP contribution in [0.3, 0.4) is 0 Å². The molecule has 0 fully saturated rings. The number of hydrogen-bond acceptors (Lipinski definition) is 5. The minimum atomic E-state index is -0.0938. The number of nitrogens with one attached hydrogen (secondary N) is 1. The van der Waals surface area contributed by atoms with Gasteiger partial charge in [-0.05, 0) is 25.5 Å². The first kappa shape index (κ1) is 16.1. The van der Waals surface area contributed by atoms with E-state index in [1.807, 2.05) is 32.0 Å². The molecule has 22 heavy (non-hydrogen) atoms. The van der Waals surface area contributed by atoms with Gasteiger partial charge < -0.3 is 11.1 Å². The van der Waals surface area contributed by atoms with Crippen LogP contribution in [0.15, 0.2) is 36.0 Å². The van der Waals surface area contributed by atoms with Crippen LogP contribution in [0.4, 0.5) is 11.6 Å².